The number of likely N-dealkylation sites (tertiary alicyclic amines) is 1. The fourth-order valence-electron chi connectivity index (χ4n) is 2.82. The Labute approximate surface area is 124 Å². The molecule has 0 aliphatic carbocycles. The summed E-state index contributed by atoms with van der Waals surface area (Å²) in [7, 11) is 1.35. The van der Waals surface area contributed by atoms with Gasteiger partial charge in [0, 0.05) is 24.7 Å². The number of rotatable bonds is 3. The minimum atomic E-state index is -0.855. The molecule has 21 heavy (non-hydrogen) atoms. The highest BCUT2D eigenvalue weighted by molar-refractivity contribution is 5.89. The zero-order chi connectivity index (χ0) is 15.5. The van der Waals surface area contributed by atoms with Crippen LogP contribution in [-0.2, 0) is 9.53 Å². The van der Waals surface area contributed by atoms with Crippen molar-refractivity contribution in [3.8, 4) is 0 Å². The highest BCUT2D eigenvalue weighted by Gasteiger charge is 2.46. The first-order valence-electron chi connectivity index (χ1n) is 6.95. The quantitative estimate of drug-likeness (QED) is 0.882. The summed E-state index contributed by atoms with van der Waals surface area (Å²) in [4.78, 5) is 25.3. The molecule has 0 saturated carbocycles. The van der Waals surface area contributed by atoms with E-state index in [1.165, 1.54) is 7.11 Å². The molecule has 6 nitrogen and oxygen atoms in total. The average molecular weight is 291 g/mol. The van der Waals surface area contributed by atoms with Gasteiger partial charge >= 0.3 is 6.09 Å². The van der Waals surface area contributed by atoms with Gasteiger partial charge in [-0.1, -0.05) is 25.1 Å². The Hall–Kier alpha value is -2.24. The summed E-state index contributed by atoms with van der Waals surface area (Å²) in [6.45, 7) is 2.77. The third kappa shape index (κ3) is 2.94. The van der Waals surface area contributed by atoms with Crippen LogP contribution in [0.1, 0.15) is 13.3 Å². The van der Waals surface area contributed by atoms with Crippen molar-refractivity contribution in [1.82, 2.24) is 4.90 Å². The van der Waals surface area contributed by atoms with E-state index in [1.54, 1.807) is 4.90 Å². The number of primary amides is 1. The third-order valence-electron chi connectivity index (χ3n) is 4.13. The van der Waals surface area contributed by atoms with E-state index in [1.807, 2.05) is 37.3 Å². The molecule has 1 aliphatic heterocycles. The molecule has 3 N–H and O–H groups in total. The number of carbonyl (C=O) groups excluding carboxylic acids is 2. The zero-order valence-corrected chi connectivity index (χ0v) is 12.3. The molecule has 1 fully saturated rings. The maximum absolute atomic E-state index is 12.1. The first kappa shape index (κ1) is 15.2. The fraction of sp³-hybridized carbons (Fsp3) is 0.467. The molecule has 1 aromatic carbocycles. The van der Waals surface area contributed by atoms with E-state index in [0.29, 0.717) is 19.5 Å². The molecule has 1 heterocycles. The highest BCUT2D eigenvalue weighted by Crippen LogP contribution is 2.32. The number of hydrogen-bond acceptors (Lipinski definition) is 4. The van der Waals surface area contributed by atoms with Crippen LogP contribution in [0.3, 0.4) is 0 Å². The van der Waals surface area contributed by atoms with Crippen LogP contribution in [0.5, 0.6) is 0 Å². The number of ether oxygens (including phenoxy) is 1. The molecule has 0 spiro atoms. The van der Waals surface area contributed by atoms with Crippen LogP contribution in [0.2, 0.25) is 0 Å². The second-order valence-electron chi connectivity index (χ2n) is 5.39. The number of piperidine rings is 1. The summed E-state index contributed by atoms with van der Waals surface area (Å²) in [5, 5.41) is 3.27. The Balaban J connectivity index is 2.20. The van der Waals surface area contributed by atoms with Crippen LogP contribution in [0.4, 0.5) is 10.5 Å². The number of nitrogens with two attached hydrogens (primary N) is 1. The number of carbonyl (C=O) groups is 2. The molecule has 6 heteroatoms. The Kier molecular flexibility index (Phi) is 4.35. The van der Waals surface area contributed by atoms with Crippen molar-refractivity contribution >= 4 is 17.7 Å². The Morgan fingerprint density at radius 3 is 2.57 bits per heavy atom. The molecule has 1 aliphatic rings. The maximum atomic E-state index is 12.1. The summed E-state index contributed by atoms with van der Waals surface area (Å²) in [6.07, 6.45) is 0.0765. The second kappa shape index (κ2) is 6.03. The van der Waals surface area contributed by atoms with Crippen LogP contribution in [0.15, 0.2) is 30.3 Å². The Bertz CT molecular complexity index is 520. The van der Waals surface area contributed by atoms with Crippen molar-refractivity contribution in [3.05, 3.63) is 30.3 Å². The normalized spacial score (nSPS) is 25.2. The summed E-state index contributed by atoms with van der Waals surface area (Å²) in [5.41, 5.74) is 5.65. The first-order valence-corrected chi connectivity index (χ1v) is 6.95. The number of nitrogens with one attached hydrogen (secondary N) is 1. The van der Waals surface area contributed by atoms with Crippen molar-refractivity contribution in [1.29, 1.82) is 0 Å². The number of para-hydroxylation sites is 1. The Morgan fingerprint density at radius 2 is 2.05 bits per heavy atom. The van der Waals surface area contributed by atoms with Crippen LogP contribution in [0, 0.1) is 5.92 Å². The van der Waals surface area contributed by atoms with Gasteiger partial charge in [-0.3, -0.25) is 4.79 Å². The van der Waals surface area contributed by atoms with E-state index in [-0.39, 0.29) is 12.0 Å². The molecule has 2 amide bonds. The van der Waals surface area contributed by atoms with Gasteiger partial charge in [0.15, 0.2) is 0 Å². The second-order valence-corrected chi connectivity index (χ2v) is 5.39. The standard InChI is InChI=1S/C15H21N3O3/c1-11-10-18(14(20)21-2)9-8-15(11,13(16)19)17-12-6-4-3-5-7-12/h3-7,11,17H,8-10H2,1-2H3,(H2,16,19)/t11-,15+/m0/s1. The van der Waals surface area contributed by atoms with Crippen LogP contribution in [-0.4, -0.2) is 42.6 Å². The summed E-state index contributed by atoms with van der Waals surface area (Å²) >= 11 is 0. The van der Waals surface area contributed by atoms with E-state index < -0.39 is 11.4 Å². The zero-order valence-electron chi connectivity index (χ0n) is 12.3. The van der Waals surface area contributed by atoms with Gasteiger partial charge in [0.1, 0.15) is 5.54 Å². The summed E-state index contributed by atoms with van der Waals surface area (Å²) in [6, 6.07) is 9.48. The molecule has 1 aromatic rings. The molecule has 2 atom stereocenters. The largest absolute Gasteiger partial charge is 0.453 e. The van der Waals surface area contributed by atoms with Crippen LogP contribution < -0.4 is 11.1 Å². The molecule has 1 saturated heterocycles. The predicted molar refractivity (Wildman–Crippen MR) is 79.7 cm³/mol. The summed E-state index contributed by atoms with van der Waals surface area (Å²) in [5.74, 6) is -0.522. The molecule has 0 radical (unpaired) electrons. The number of methoxy groups -OCH3 is 1. The van der Waals surface area contributed by atoms with Gasteiger partial charge in [0.2, 0.25) is 5.91 Å². The lowest BCUT2D eigenvalue weighted by Gasteiger charge is -2.45. The lowest BCUT2D eigenvalue weighted by atomic mass is 9.78. The smallest absolute Gasteiger partial charge is 0.409 e. The van der Waals surface area contributed by atoms with E-state index >= 15 is 0 Å². The third-order valence-corrected chi connectivity index (χ3v) is 4.13. The number of anilines is 1. The van der Waals surface area contributed by atoms with Gasteiger partial charge in [-0.15, -0.1) is 0 Å². The minimum absolute atomic E-state index is 0.122. The van der Waals surface area contributed by atoms with E-state index in [0.717, 1.165) is 5.69 Å². The highest BCUT2D eigenvalue weighted by atomic mass is 16.5. The number of hydrogen-bond donors (Lipinski definition) is 2. The fourth-order valence-corrected chi connectivity index (χ4v) is 2.82. The van der Waals surface area contributed by atoms with Crippen LogP contribution >= 0.6 is 0 Å². The molecule has 2 rings (SSSR count). The number of amides is 2. The molecule has 0 aromatic heterocycles. The van der Waals surface area contributed by atoms with Crippen molar-refractivity contribution in [3.63, 3.8) is 0 Å². The molecule has 114 valence electrons. The number of nitrogens with zero attached hydrogens (tertiary/aromatic N) is 1. The van der Waals surface area contributed by atoms with Crippen LogP contribution in [0.25, 0.3) is 0 Å². The molecule has 0 bridgehead atoms. The van der Waals surface area contributed by atoms with E-state index in [9.17, 15) is 9.59 Å². The topological polar surface area (TPSA) is 84.7 Å². The molecular weight excluding hydrogens is 270 g/mol. The van der Waals surface area contributed by atoms with E-state index in [4.69, 9.17) is 10.5 Å². The maximum Gasteiger partial charge on any atom is 0.409 e. The van der Waals surface area contributed by atoms with E-state index in [2.05, 4.69) is 5.32 Å². The monoisotopic (exact) mass is 291 g/mol. The van der Waals surface area contributed by atoms with Gasteiger partial charge in [0.25, 0.3) is 0 Å². The molecular formula is C15H21N3O3. The lowest BCUT2D eigenvalue weighted by Crippen LogP contribution is -2.62. The van der Waals surface area contributed by atoms with Gasteiger partial charge in [-0.25, -0.2) is 4.79 Å². The molecule has 0 unspecified atom stereocenters. The van der Waals surface area contributed by atoms with Gasteiger partial charge in [0.05, 0.1) is 7.11 Å². The van der Waals surface area contributed by atoms with Crippen molar-refractivity contribution in [2.45, 2.75) is 18.9 Å². The van der Waals surface area contributed by atoms with Crippen molar-refractivity contribution in [2.24, 2.45) is 11.7 Å². The van der Waals surface area contributed by atoms with Gasteiger partial charge in [-0.2, -0.15) is 0 Å². The minimum Gasteiger partial charge on any atom is -0.453 e. The summed E-state index contributed by atoms with van der Waals surface area (Å²) < 4.78 is 4.74. The van der Waals surface area contributed by atoms with Gasteiger partial charge in [-0.05, 0) is 18.6 Å². The number of benzene rings is 1. The first-order chi connectivity index (χ1) is 9.99. The predicted octanol–water partition coefficient (Wildman–Crippen LogP) is 1.43. The van der Waals surface area contributed by atoms with Crippen molar-refractivity contribution < 1.29 is 14.3 Å². The van der Waals surface area contributed by atoms with Crippen molar-refractivity contribution in [2.75, 3.05) is 25.5 Å². The van der Waals surface area contributed by atoms with Gasteiger partial charge < -0.3 is 20.7 Å². The Morgan fingerprint density at radius 1 is 1.38 bits per heavy atom. The SMILES string of the molecule is COC(=O)N1CC[C@](Nc2ccccc2)(C(N)=O)[C@@H](C)C1. The lowest BCUT2D eigenvalue weighted by molar-refractivity contribution is -0.125. The average Bonchev–Trinajstić information content (AvgIpc) is 2.49.